The van der Waals surface area contributed by atoms with Crippen LogP contribution in [0.2, 0.25) is 0 Å². The van der Waals surface area contributed by atoms with E-state index in [4.69, 9.17) is 5.11 Å². The average Bonchev–Trinajstić information content (AvgIpc) is 2.60. The molecule has 2 amide bonds. The van der Waals surface area contributed by atoms with E-state index in [1.54, 1.807) is 13.8 Å². The number of hydrogen-bond donors (Lipinski definition) is 2. The molecule has 1 aromatic heterocycles. The van der Waals surface area contributed by atoms with Crippen molar-refractivity contribution in [2.45, 2.75) is 13.8 Å². The lowest BCUT2D eigenvalue weighted by Crippen LogP contribution is -2.38. The number of aromatic nitrogens is 2. The van der Waals surface area contributed by atoms with Crippen molar-refractivity contribution in [3.63, 3.8) is 0 Å². The number of carboxylic acids is 1. The van der Waals surface area contributed by atoms with E-state index in [1.165, 1.54) is 16.2 Å². The molecule has 0 aliphatic rings. The summed E-state index contributed by atoms with van der Waals surface area (Å²) in [5, 5.41) is 19.6. The molecule has 0 fully saturated rings. The summed E-state index contributed by atoms with van der Waals surface area (Å²) < 4.78 is 0. The van der Waals surface area contributed by atoms with Gasteiger partial charge in [-0.25, -0.2) is 4.79 Å². The molecule has 0 saturated heterocycles. The molecule has 8 heteroatoms. The number of anilines is 1. The van der Waals surface area contributed by atoms with Gasteiger partial charge in [-0.05, 0) is 13.8 Å². The fourth-order valence-corrected chi connectivity index (χ4v) is 1.59. The van der Waals surface area contributed by atoms with Gasteiger partial charge < -0.3 is 10.0 Å². The first-order valence-corrected chi connectivity index (χ1v) is 5.42. The van der Waals surface area contributed by atoms with Crippen molar-refractivity contribution in [1.82, 2.24) is 15.1 Å². The number of nitrogens with zero attached hydrogens (tertiary/aromatic N) is 3. The van der Waals surface area contributed by atoms with Crippen LogP contribution in [0.15, 0.2) is 0 Å². The first-order valence-electron chi connectivity index (χ1n) is 4.60. The topological polar surface area (TPSA) is 95.4 Å². The second kappa shape index (κ2) is 5.40. The number of amides is 2. The zero-order valence-corrected chi connectivity index (χ0v) is 9.74. The van der Waals surface area contributed by atoms with Crippen LogP contribution in [0, 0.1) is 6.92 Å². The Kier molecular flexibility index (Phi) is 4.18. The Morgan fingerprint density at radius 1 is 1.50 bits per heavy atom. The number of rotatable bonds is 4. The summed E-state index contributed by atoms with van der Waals surface area (Å²) >= 11 is 1.23. The molecule has 1 rings (SSSR count). The fourth-order valence-electron chi connectivity index (χ4n) is 1.01. The molecule has 0 unspecified atom stereocenters. The molecular formula is C8H12N4O3S. The normalized spacial score (nSPS) is 9.88. The Balaban J connectivity index is 2.59. The highest BCUT2D eigenvalue weighted by molar-refractivity contribution is 7.15. The maximum absolute atomic E-state index is 11.6. The van der Waals surface area contributed by atoms with E-state index in [9.17, 15) is 9.59 Å². The lowest BCUT2D eigenvalue weighted by molar-refractivity contribution is -0.137. The zero-order chi connectivity index (χ0) is 12.1. The van der Waals surface area contributed by atoms with Crippen molar-refractivity contribution in [1.29, 1.82) is 0 Å². The Morgan fingerprint density at radius 2 is 2.19 bits per heavy atom. The minimum absolute atomic E-state index is 0.315. The molecule has 88 valence electrons. The summed E-state index contributed by atoms with van der Waals surface area (Å²) in [6.07, 6.45) is 0. The van der Waals surface area contributed by atoms with Gasteiger partial charge in [0.1, 0.15) is 11.6 Å². The molecule has 0 bridgehead atoms. The van der Waals surface area contributed by atoms with E-state index in [1.807, 2.05) is 0 Å². The highest BCUT2D eigenvalue weighted by atomic mass is 32.1. The molecule has 0 aliphatic carbocycles. The molecule has 1 heterocycles. The third kappa shape index (κ3) is 3.46. The second-order valence-electron chi connectivity index (χ2n) is 2.96. The maximum Gasteiger partial charge on any atom is 0.324 e. The molecule has 1 aromatic rings. The van der Waals surface area contributed by atoms with E-state index in [2.05, 4.69) is 15.5 Å². The summed E-state index contributed by atoms with van der Waals surface area (Å²) in [4.78, 5) is 23.2. The molecule has 16 heavy (non-hydrogen) atoms. The molecule has 2 N–H and O–H groups in total. The van der Waals surface area contributed by atoms with Gasteiger partial charge in [-0.15, -0.1) is 10.2 Å². The van der Waals surface area contributed by atoms with Gasteiger partial charge in [0.2, 0.25) is 5.13 Å². The van der Waals surface area contributed by atoms with Crippen LogP contribution in [-0.4, -0.2) is 45.3 Å². The van der Waals surface area contributed by atoms with E-state index in [0.29, 0.717) is 11.7 Å². The minimum atomic E-state index is -1.05. The number of hydrogen-bond acceptors (Lipinski definition) is 5. The van der Waals surface area contributed by atoms with Crippen LogP contribution < -0.4 is 5.32 Å². The van der Waals surface area contributed by atoms with Crippen molar-refractivity contribution in [2.24, 2.45) is 0 Å². The third-order valence-electron chi connectivity index (χ3n) is 1.73. The smallest absolute Gasteiger partial charge is 0.324 e. The monoisotopic (exact) mass is 244 g/mol. The number of aryl methyl sites for hydroxylation is 1. The van der Waals surface area contributed by atoms with Crippen LogP contribution in [-0.2, 0) is 4.79 Å². The molecule has 0 aliphatic heterocycles. The number of carbonyl (C=O) groups excluding carboxylic acids is 1. The van der Waals surface area contributed by atoms with Crippen LogP contribution in [0.4, 0.5) is 9.93 Å². The predicted molar refractivity (Wildman–Crippen MR) is 58.5 cm³/mol. The molecule has 0 aromatic carbocycles. The largest absolute Gasteiger partial charge is 0.480 e. The SMILES string of the molecule is CCN(CC(=O)O)C(=O)Nc1nnc(C)s1. The van der Waals surface area contributed by atoms with Crippen molar-refractivity contribution in [3.05, 3.63) is 5.01 Å². The maximum atomic E-state index is 11.6. The molecular weight excluding hydrogens is 232 g/mol. The lowest BCUT2D eigenvalue weighted by atomic mass is 10.5. The molecule has 0 saturated carbocycles. The van der Waals surface area contributed by atoms with Crippen molar-refractivity contribution in [3.8, 4) is 0 Å². The number of carboxylic acid groups (broad SMARTS) is 1. The Labute approximate surface area is 96.1 Å². The average molecular weight is 244 g/mol. The summed E-state index contributed by atoms with van der Waals surface area (Å²) in [5.41, 5.74) is 0. The quantitative estimate of drug-likeness (QED) is 0.816. The highest BCUT2D eigenvalue weighted by Crippen LogP contribution is 2.13. The number of likely N-dealkylation sites (N-methyl/N-ethyl adjacent to an activating group) is 1. The Bertz CT molecular complexity index is 392. The number of aliphatic carboxylic acids is 1. The van der Waals surface area contributed by atoms with Crippen molar-refractivity contribution in [2.75, 3.05) is 18.4 Å². The van der Waals surface area contributed by atoms with Gasteiger partial charge >= 0.3 is 12.0 Å². The van der Waals surface area contributed by atoms with Gasteiger partial charge in [0, 0.05) is 6.54 Å². The molecule has 7 nitrogen and oxygen atoms in total. The van der Waals surface area contributed by atoms with Gasteiger partial charge in [-0.1, -0.05) is 11.3 Å². The Morgan fingerprint density at radius 3 is 2.62 bits per heavy atom. The van der Waals surface area contributed by atoms with E-state index >= 15 is 0 Å². The summed E-state index contributed by atoms with van der Waals surface area (Å²) in [6, 6.07) is -0.485. The van der Waals surface area contributed by atoms with Crippen molar-refractivity contribution >= 4 is 28.5 Å². The van der Waals surface area contributed by atoms with Crippen LogP contribution >= 0.6 is 11.3 Å². The summed E-state index contributed by atoms with van der Waals surface area (Å²) in [6.45, 7) is 3.45. The second-order valence-corrected chi connectivity index (χ2v) is 4.15. The zero-order valence-electron chi connectivity index (χ0n) is 8.93. The highest BCUT2D eigenvalue weighted by Gasteiger charge is 2.16. The molecule has 0 radical (unpaired) electrons. The van der Waals surface area contributed by atoms with Crippen molar-refractivity contribution < 1.29 is 14.7 Å². The van der Waals surface area contributed by atoms with Crippen LogP contribution in [0.1, 0.15) is 11.9 Å². The lowest BCUT2D eigenvalue weighted by Gasteiger charge is -2.17. The number of urea groups is 1. The standard InChI is InChI=1S/C8H12N4O3S/c1-3-12(4-6(13)14)8(15)9-7-11-10-5(2)16-7/h3-4H2,1-2H3,(H,13,14)(H,9,11,15). The molecule has 0 atom stereocenters. The predicted octanol–water partition coefficient (Wildman–Crippen LogP) is 0.785. The number of nitrogens with one attached hydrogen (secondary N) is 1. The van der Waals surface area contributed by atoms with Gasteiger partial charge in [-0.3, -0.25) is 10.1 Å². The van der Waals surface area contributed by atoms with Crippen LogP contribution in [0.3, 0.4) is 0 Å². The van der Waals surface area contributed by atoms with Gasteiger partial charge in [0.05, 0.1) is 0 Å². The van der Waals surface area contributed by atoms with Gasteiger partial charge in [0.15, 0.2) is 0 Å². The summed E-state index contributed by atoms with van der Waals surface area (Å²) in [5.74, 6) is -1.05. The molecule has 0 spiro atoms. The summed E-state index contributed by atoms with van der Waals surface area (Å²) in [7, 11) is 0. The number of carbonyl (C=O) groups is 2. The van der Waals surface area contributed by atoms with Gasteiger partial charge in [0.25, 0.3) is 0 Å². The first-order chi connectivity index (χ1) is 7.52. The Hall–Kier alpha value is -1.70. The third-order valence-corrected chi connectivity index (χ3v) is 2.49. The van der Waals surface area contributed by atoms with E-state index in [0.717, 1.165) is 5.01 Å². The minimum Gasteiger partial charge on any atom is -0.480 e. The fraction of sp³-hybridized carbons (Fsp3) is 0.500. The van der Waals surface area contributed by atoms with E-state index < -0.39 is 12.0 Å². The van der Waals surface area contributed by atoms with Crippen LogP contribution in [0.5, 0.6) is 0 Å². The first kappa shape index (κ1) is 12.4. The van der Waals surface area contributed by atoms with E-state index in [-0.39, 0.29) is 6.54 Å². The van der Waals surface area contributed by atoms with Gasteiger partial charge in [-0.2, -0.15) is 0 Å². The van der Waals surface area contributed by atoms with Crippen LogP contribution in [0.25, 0.3) is 0 Å².